The molecule has 9 heteroatoms. The second-order valence-corrected chi connectivity index (χ2v) is 10.9. The molecule has 0 radical (unpaired) electrons. The van der Waals surface area contributed by atoms with Crippen molar-refractivity contribution in [3.05, 3.63) is 71.4 Å². The molecule has 1 unspecified atom stereocenters. The van der Waals surface area contributed by atoms with Gasteiger partial charge in [0.2, 0.25) is 0 Å². The highest BCUT2D eigenvalue weighted by atomic mass is 16.5. The van der Waals surface area contributed by atoms with Gasteiger partial charge in [-0.3, -0.25) is 9.13 Å². The van der Waals surface area contributed by atoms with Crippen LogP contribution in [-0.4, -0.2) is 68.7 Å². The van der Waals surface area contributed by atoms with Gasteiger partial charge in [0.15, 0.2) is 11.5 Å². The zero-order chi connectivity index (χ0) is 27.4. The minimum atomic E-state index is -0.148. The average Bonchev–Trinajstić information content (AvgIpc) is 3.22. The second-order valence-electron chi connectivity index (χ2n) is 10.9. The fraction of sp³-hybridized carbons (Fsp3) is 0.433. The summed E-state index contributed by atoms with van der Waals surface area (Å²) in [5.41, 5.74) is 7.98. The van der Waals surface area contributed by atoms with E-state index in [1.54, 1.807) is 9.13 Å². The second kappa shape index (κ2) is 12.0. The van der Waals surface area contributed by atoms with Crippen LogP contribution in [0.2, 0.25) is 0 Å². The van der Waals surface area contributed by atoms with Gasteiger partial charge < -0.3 is 20.3 Å². The Bertz CT molecular complexity index is 1430. The zero-order valence-corrected chi connectivity index (χ0v) is 23.2. The monoisotopic (exact) mass is 529 g/mol. The highest BCUT2D eigenvalue weighted by molar-refractivity contribution is 5.84. The van der Waals surface area contributed by atoms with Crippen LogP contribution in [0.1, 0.15) is 32.6 Å². The van der Waals surface area contributed by atoms with Crippen LogP contribution in [0.15, 0.2) is 65.7 Å². The minimum absolute atomic E-state index is 0.148. The Morgan fingerprint density at radius 3 is 2.56 bits per heavy atom. The number of hydrogen-bond donors (Lipinski definition) is 1. The predicted molar refractivity (Wildman–Crippen MR) is 156 cm³/mol. The molecule has 1 aliphatic heterocycles. The Hall–Kier alpha value is -3.69. The van der Waals surface area contributed by atoms with Gasteiger partial charge in [0.25, 0.3) is 0 Å². The van der Waals surface area contributed by atoms with Crippen LogP contribution in [0.5, 0.6) is 11.5 Å². The fourth-order valence-electron chi connectivity index (χ4n) is 5.58. The number of ether oxygens (including phenoxy) is 1. The van der Waals surface area contributed by atoms with Gasteiger partial charge in [-0.1, -0.05) is 18.2 Å². The predicted octanol–water partition coefficient (Wildman–Crippen LogP) is 4.40. The summed E-state index contributed by atoms with van der Waals surface area (Å²) in [5.74, 6) is 2.10. The van der Waals surface area contributed by atoms with E-state index in [4.69, 9.17) is 10.5 Å². The summed E-state index contributed by atoms with van der Waals surface area (Å²) in [5, 5.41) is 0. The fourth-order valence-corrected chi connectivity index (χ4v) is 5.58. The summed E-state index contributed by atoms with van der Waals surface area (Å²) in [6, 6.07) is 17.6. The van der Waals surface area contributed by atoms with Crippen LogP contribution in [-0.2, 0) is 6.54 Å². The van der Waals surface area contributed by atoms with E-state index in [0.717, 1.165) is 38.2 Å². The highest BCUT2D eigenvalue weighted by Crippen LogP contribution is 2.27. The minimum Gasteiger partial charge on any atom is -0.457 e. The van der Waals surface area contributed by atoms with E-state index < -0.39 is 0 Å². The first-order chi connectivity index (χ1) is 18.9. The summed E-state index contributed by atoms with van der Waals surface area (Å²) in [4.78, 5) is 27.4. The van der Waals surface area contributed by atoms with E-state index in [9.17, 15) is 4.79 Å². The molecule has 0 spiro atoms. The highest BCUT2D eigenvalue weighted by Gasteiger charge is 2.26. The van der Waals surface area contributed by atoms with Crippen molar-refractivity contribution >= 4 is 17.0 Å². The van der Waals surface area contributed by atoms with Gasteiger partial charge in [0.1, 0.15) is 23.3 Å². The maximum absolute atomic E-state index is 13.9. The molecule has 206 valence electrons. The standard InChI is InChI=1S/C30H39N7O2/c1-22(9-7-17-34(2)3)35-18-8-10-23(19-35)20-36-29-27(28(31)32-21-33-29)37(30(36)38)24-13-15-26(16-14-24)39-25-11-5-4-6-12-25/h4-6,11-16,21-23H,7-10,17-20H2,1-3H3,(H2,31,32,33)/t22?,23-/m1/s1. The molecular formula is C30H39N7O2. The van der Waals surface area contributed by atoms with Crippen LogP contribution in [0.25, 0.3) is 16.9 Å². The zero-order valence-electron chi connectivity index (χ0n) is 23.2. The molecule has 0 saturated carbocycles. The van der Waals surface area contributed by atoms with Gasteiger partial charge in [-0.2, -0.15) is 0 Å². The number of nitrogens with two attached hydrogens (primary N) is 1. The number of likely N-dealkylation sites (tertiary alicyclic amines) is 1. The van der Waals surface area contributed by atoms with Crippen LogP contribution in [0.4, 0.5) is 5.82 Å². The molecule has 0 amide bonds. The lowest BCUT2D eigenvalue weighted by molar-refractivity contribution is 0.115. The Morgan fingerprint density at radius 1 is 1.08 bits per heavy atom. The Balaban J connectivity index is 1.38. The summed E-state index contributed by atoms with van der Waals surface area (Å²) in [6.45, 7) is 6.14. The Morgan fingerprint density at radius 2 is 1.82 bits per heavy atom. The van der Waals surface area contributed by atoms with Crippen molar-refractivity contribution in [3.8, 4) is 17.2 Å². The number of rotatable bonds is 10. The molecule has 5 rings (SSSR count). The number of nitrogens with zero attached hydrogens (tertiary/aromatic N) is 6. The van der Waals surface area contributed by atoms with E-state index in [0.29, 0.717) is 46.9 Å². The molecule has 1 saturated heterocycles. The Kier molecular flexibility index (Phi) is 8.28. The van der Waals surface area contributed by atoms with E-state index in [-0.39, 0.29) is 5.69 Å². The van der Waals surface area contributed by atoms with Gasteiger partial charge in [0, 0.05) is 19.1 Å². The van der Waals surface area contributed by atoms with E-state index in [1.807, 2.05) is 54.6 Å². The van der Waals surface area contributed by atoms with Gasteiger partial charge >= 0.3 is 5.69 Å². The molecule has 2 aromatic heterocycles. The maximum Gasteiger partial charge on any atom is 0.335 e. The third-order valence-electron chi connectivity index (χ3n) is 7.65. The van der Waals surface area contributed by atoms with E-state index in [2.05, 4.69) is 40.8 Å². The molecule has 0 bridgehead atoms. The number of piperidine rings is 1. The van der Waals surface area contributed by atoms with Crippen molar-refractivity contribution in [2.45, 2.75) is 45.2 Å². The number of anilines is 1. The third-order valence-corrected chi connectivity index (χ3v) is 7.65. The molecule has 1 fully saturated rings. The van der Waals surface area contributed by atoms with Crippen molar-refractivity contribution in [2.24, 2.45) is 5.92 Å². The summed E-state index contributed by atoms with van der Waals surface area (Å²) in [6.07, 6.45) is 6.03. The van der Waals surface area contributed by atoms with Crippen LogP contribution in [0, 0.1) is 5.92 Å². The molecular weight excluding hydrogens is 490 g/mol. The first-order valence-corrected chi connectivity index (χ1v) is 13.8. The molecule has 1 aliphatic rings. The quantitative estimate of drug-likeness (QED) is 0.325. The number of imidazole rings is 1. The van der Waals surface area contributed by atoms with Crippen LogP contribution < -0.4 is 16.2 Å². The normalized spacial score (nSPS) is 17.1. The van der Waals surface area contributed by atoms with E-state index >= 15 is 0 Å². The first kappa shape index (κ1) is 26.9. The molecule has 9 nitrogen and oxygen atoms in total. The Labute approximate surface area is 229 Å². The molecule has 2 N–H and O–H groups in total. The van der Waals surface area contributed by atoms with E-state index in [1.165, 1.54) is 19.2 Å². The van der Waals surface area contributed by atoms with Crippen molar-refractivity contribution in [1.29, 1.82) is 0 Å². The molecule has 39 heavy (non-hydrogen) atoms. The lowest BCUT2D eigenvalue weighted by Crippen LogP contribution is -2.43. The molecule has 4 aromatic rings. The SMILES string of the molecule is CC(CCCN(C)C)N1CCC[C@@H](Cn2c(=O)n(-c3ccc(Oc4ccccc4)cc3)c3c(N)ncnc32)C1. The van der Waals surface area contributed by atoms with Gasteiger partial charge in [-0.25, -0.2) is 14.8 Å². The molecule has 2 aromatic carbocycles. The van der Waals surface area contributed by atoms with Crippen molar-refractivity contribution < 1.29 is 4.74 Å². The number of aromatic nitrogens is 4. The summed E-state index contributed by atoms with van der Waals surface area (Å²) >= 11 is 0. The van der Waals surface area contributed by atoms with Crippen molar-refractivity contribution in [3.63, 3.8) is 0 Å². The average molecular weight is 530 g/mol. The van der Waals surface area contributed by atoms with Crippen LogP contribution in [0.3, 0.4) is 0 Å². The lowest BCUT2D eigenvalue weighted by Gasteiger charge is -2.37. The summed E-state index contributed by atoms with van der Waals surface area (Å²) in [7, 11) is 4.25. The maximum atomic E-state index is 13.9. The number of nitrogen functional groups attached to an aromatic ring is 1. The number of fused-ring (bicyclic) bond motifs is 1. The smallest absolute Gasteiger partial charge is 0.335 e. The first-order valence-electron chi connectivity index (χ1n) is 13.8. The van der Waals surface area contributed by atoms with Crippen LogP contribution >= 0.6 is 0 Å². The third kappa shape index (κ3) is 6.15. The number of benzene rings is 2. The van der Waals surface area contributed by atoms with Gasteiger partial charge in [0.05, 0.1) is 5.69 Å². The number of para-hydroxylation sites is 1. The molecule has 0 aliphatic carbocycles. The van der Waals surface area contributed by atoms with Gasteiger partial charge in [-0.15, -0.1) is 0 Å². The summed E-state index contributed by atoms with van der Waals surface area (Å²) < 4.78 is 9.34. The molecule has 3 heterocycles. The topological polar surface area (TPSA) is 94.4 Å². The number of hydrogen-bond acceptors (Lipinski definition) is 7. The lowest BCUT2D eigenvalue weighted by atomic mass is 9.96. The molecule has 2 atom stereocenters. The largest absolute Gasteiger partial charge is 0.457 e. The van der Waals surface area contributed by atoms with Crippen molar-refractivity contribution in [2.75, 3.05) is 39.5 Å². The van der Waals surface area contributed by atoms with Gasteiger partial charge in [-0.05, 0) is 102 Å². The van der Waals surface area contributed by atoms with Crippen molar-refractivity contribution in [1.82, 2.24) is 28.9 Å².